The van der Waals surface area contributed by atoms with Crippen LogP contribution in [-0.2, 0) is 0 Å². The highest BCUT2D eigenvalue weighted by molar-refractivity contribution is 9.10. The zero-order chi connectivity index (χ0) is 19.3. The van der Waals surface area contributed by atoms with Crippen LogP contribution < -0.4 is 0 Å². The molecule has 0 saturated heterocycles. The molecule has 1 amide bonds. The van der Waals surface area contributed by atoms with E-state index in [4.69, 9.17) is 11.6 Å². The van der Waals surface area contributed by atoms with Gasteiger partial charge in [-0.2, -0.15) is 0 Å². The largest absolute Gasteiger partial charge is 0.393 e. The molecule has 1 atom stereocenters. The Morgan fingerprint density at radius 2 is 1.78 bits per heavy atom. The van der Waals surface area contributed by atoms with Crippen LogP contribution >= 0.6 is 27.5 Å². The summed E-state index contributed by atoms with van der Waals surface area (Å²) in [5.41, 5.74) is 2.90. The van der Waals surface area contributed by atoms with Gasteiger partial charge in [0.15, 0.2) is 0 Å². The quantitative estimate of drug-likeness (QED) is 0.685. The lowest BCUT2D eigenvalue weighted by atomic mass is 9.90. The molecule has 1 saturated carbocycles. The van der Waals surface area contributed by atoms with E-state index in [9.17, 15) is 9.90 Å². The second-order valence-electron chi connectivity index (χ2n) is 7.86. The first-order valence-electron chi connectivity index (χ1n) is 9.55. The Hall–Kier alpha value is -1.30. The fourth-order valence-corrected chi connectivity index (χ4v) is 5.50. The van der Waals surface area contributed by atoms with Crippen molar-refractivity contribution in [2.75, 3.05) is 0 Å². The molecule has 1 aromatic heterocycles. The Kier molecular flexibility index (Phi) is 5.12. The molecule has 0 radical (unpaired) electrons. The summed E-state index contributed by atoms with van der Waals surface area (Å²) in [6, 6.07) is 10.0. The molecule has 2 heterocycles. The van der Waals surface area contributed by atoms with Crippen LogP contribution in [0, 0.1) is 0 Å². The van der Waals surface area contributed by atoms with E-state index >= 15 is 0 Å². The van der Waals surface area contributed by atoms with Gasteiger partial charge in [-0.05, 0) is 79.2 Å². The van der Waals surface area contributed by atoms with E-state index in [1.165, 1.54) is 0 Å². The maximum atomic E-state index is 13.4. The van der Waals surface area contributed by atoms with Crippen molar-refractivity contribution in [1.82, 2.24) is 9.47 Å². The number of fused-ring (bicyclic) bond motifs is 1. The molecular weight excluding hydrogens is 428 g/mol. The van der Waals surface area contributed by atoms with E-state index in [-0.39, 0.29) is 30.1 Å². The Bertz CT molecular complexity index is 854. The minimum Gasteiger partial charge on any atom is -0.393 e. The molecule has 1 aliphatic carbocycles. The van der Waals surface area contributed by atoms with Crippen LogP contribution in [0.25, 0.3) is 0 Å². The lowest BCUT2D eigenvalue weighted by Gasteiger charge is -2.38. The fourth-order valence-electron chi connectivity index (χ4n) is 4.55. The van der Waals surface area contributed by atoms with Gasteiger partial charge in [0, 0.05) is 17.1 Å². The first-order chi connectivity index (χ1) is 12.9. The summed E-state index contributed by atoms with van der Waals surface area (Å²) in [4.78, 5) is 15.5. The molecule has 1 fully saturated rings. The molecule has 27 heavy (non-hydrogen) atoms. The minimum absolute atomic E-state index is 0.0893. The van der Waals surface area contributed by atoms with Crippen LogP contribution in [0.15, 0.2) is 34.9 Å². The highest BCUT2D eigenvalue weighted by Crippen LogP contribution is 2.45. The van der Waals surface area contributed by atoms with E-state index < -0.39 is 0 Å². The first-order valence-corrected chi connectivity index (χ1v) is 10.7. The standard InChI is InChI=1S/C21H24BrClN2O2/c1-12(2)24-18(22)11-17-20(24)19(13-3-5-14(23)6-4-13)25(21(17)27)15-7-9-16(26)10-8-15/h3-6,11-12,15-16,19,26H,7-10H2,1-2H3/t15-,16-,19?. The minimum atomic E-state index is -0.242. The maximum absolute atomic E-state index is 13.4. The molecule has 4 nitrogen and oxygen atoms in total. The van der Waals surface area contributed by atoms with Gasteiger partial charge in [0.2, 0.25) is 0 Å². The highest BCUT2D eigenvalue weighted by Gasteiger charge is 2.45. The zero-order valence-electron chi connectivity index (χ0n) is 15.5. The normalized spacial score (nSPS) is 25.3. The SMILES string of the molecule is CC(C)n1c(Br)cc2c1C(c1ccc(Cl)cc1)N([C@H]1CC[C@H](O)CC1)C2=O. The van der Waals surface area contributed by atoms with E-state index in [0.717, 1.165) is 47.1 Å². The number of hydrogen-bond donors (Lipinski definition) is 1. The summed E-state index contributed by atoms with van der Waals surface area (Å²) in [7, 11) is 0. The van der Waals surface area contributed by atoms with Crippen LogP contribution in [0.1, 0.15) is 73.2 Å². The summed E-state index contributed by atoms with van der Waals surface area (Å²) < 4.78 is 3.15. The number of carbonyl (C=O) groups excluding carboxylic acids is 1. The van der Waals surface area contributed by atoms with Crippen molar-refractivity contribution < 1.29 is 9.90 Å². The van der Waals surface area contributed by atoms with Crippen LogP contribution in [0.2, 0.25) is 5.02 Å². The Labute approximate surface area is 173 Å². The predicted molar refractivity (Wildman–Crippen MR) is 110 cm³/mol. The summed E-state index contributed by atoms with van der Waals surface area (Å²) in [5.74, 6) is 0.0893. The van der Waals surface area contributed by atoms with E-state index in [2.05, 4.69) is 34.3 Å². The van der Waals surface area contributed by atoms with Crippen LogP contribution in [0.3, 0.4) is 0 Å². The zero-order valence-corrected chi connectivity index (χ0v) is 17.9. The summed E-state index contributed by atoms with van der Waals surface area (Å²) >= 11 is 9.76. The Balaban J connectivity index is 1.83. The van der Waals surface area contributed by atoms with Gasteiger partial charge in [0.05, 0.1) is 28.0 Å². The summed E-state index contributed by atoms with van der Waals surface area (Å²) in [6.45, 7) is 4.27. The third-order valence-corrected chi connectivity index (χ3v) is 6.66. The lowest BCUT2D eigenvalue weighted by molar-refractivity contribution is 0.0457. The molecule has 1 aliphatic heterocycles. The second kappa shape index (κ2) is 7.26. The molecular formula is C21H24BrClN2O2. The number of nitrogens with zero attached hydrogens (tertiary/aromatic N) is 2. The third kappa shape index (κ3) is 3.24. The topological polar surface area (TPSA) is 45.5 Å². The molecule has 1 aromatic carbocycles. The molecule has 0 bridgehead atoms. The molecule has 1 unspecified atom stereocenters. The van der Waals surface area contributed by atoms with E-state index in [0.29, 0.717) is 5.02 Å². The monoisotopic (exact) mass is 450 g/mol. The molecule has 144 valence electrons. The van der Waals surface area contributed by atoms with Crippen molar-refractivity contribution in [3.63, 3.8) is 0 Å². The lowest BCUT2D eigenvalue weighted by Crippen LogP contribution is -2.42. The summed E-state index contributed by atoms with van der Waals surface area (Å²) in [6.07, 6.45) is 2.93. The average Bonchev–Trinajstić information content (AvgIpc) is 3.10. The van der Waals surface area contributed by atoms with Crippen molar-refractivity contribution >= 4 is 33.4 Å². The number of amides is 1. The van der Waals surface area contributed by atoms with Gasteiger partial charge in [0.25, 0.3) is 5.91 Å². The van der Waals surface area contributed by atoms with Gasteiger partial charge >= 0.3 is 0 Å². The van der Waals surface area contributed by atoms with Crippen LogP contribution in [0.5, 0.6) is 0 Å². The summed E-state index contributed by atoms with van der Waals surface area (Å²) in [5, 5.41) is 10.6. The molecule has 6 heteroatoms. The molecule has 0 spiro atoms. The van der Waals surface area contributed by atoms with Crippen LogP contribution in [-0.4, -0.2) is 32.6 Å². The van der Waals surface area contributed by atoms with Crippen molar-refractivity contribution in [2.24, 2.45) is 0 Å². The number of aromatic nitrogens is 1. The number of rotatable bonds is 3. The average molecular weight is 452 g/mol. The third-order valence-electron chi connectivity index (χ3n) is 5.79. The second-order valence-corrected chi connectivity index (χ2v) is 9.11. The molecule has 2 aromatic rings. The van der Waals surface area contributed by atoms with Gasteiger partial charge in [-0.1, -0.05) is 23.7 Å². The van der Waals surface area contributed by atoms with E-state index in [1.54, 1.807) is 0 Å². The van der Waals surface area contributed by atoms with Crippen molar-refractivity contribution in [3.8, 4) is 0 Å². The number of aliphatic hydroxyl groups is 1. The number of benzene rings is 1. The number of carbonyl (C=O) groups is 1. The maximum Gasteiger partial charge on any atom is 0.256 e. The molecule has 4 rings (SSSR count). The Morgan fingerprint density at radius 1 is 1.15 bits per heavy atom. The predicted octanol–water partition coefficient (Wildman–Crippen LogP) is 5.33. The first kappa shape index (κ1) is 19.0. The van der Waals surface area contributed by atoms with Gasteiger partial charge in [-0.25, -0.2) is 0 Å². The van der Waals surface area contributed by atoms with Gasteiger partial charge < -0.3 is 14.6 Å². The van der Waals surface area contributed by atoms with Crippen molar-refractivity contribution in [2.45, 2.75) is 63.8 Å². The number of aliphatic hydroxyl groups excluding tert-OH is 1. The molecule has 1 N–H and O–H groups in total. The van der Waals surface area contributed by atoms with Crippen LogP contribution in [0.4, 0.5) is 0 Å². The fraction of sp³-hybridized carbons (Fsp3) is 0.476. The van der Waals surface area contributed by atoms with Crippen molar-refractivity contribution in [3.05, 3.63) is 56.8 Å². The van der Waals surface area contributed by atoms with Gasteiger partial charge in [-0.3, -0.25) is 4.79 Å². The number of hydrogen-bond acceptors (Lipinski definition) is 2. The molecule has 2 aliphatic rings. The van der Waals surface area contributed by atoms with Gasteiger partial charge in [0.1, 0.15) is 0 Å². The smallest absolute Gasteiger partial charge is 0.256 e. The number of halogens is 2. The Morgan fingerprint density at radius 3 is 2.37 bits per heavy atom. The van der Waals surface area contributed by atoms with Crippen molar-refractivity contribution in [1.29, 1.82) is 0 Å². The van der Waals surface area contributed by atoms with E-state index in [1.807, 2.05) is 35.2 Å². The van der Waals surface area contributed by atoms with Gasteiger partial charge in [-0.15, -0.1) is 0 Å². The highest BCUT2D eigenvalue weighted by atomic mass is 79.9.